The third-order valence-corrected chi connectivity index (χ3v) is 18.0. The summed E-state index contributed by atoms with van der Waals surface area (Å²) in [7, 11) is -7.25. The van der Waals surface area contributed by atoms with Crippen LogP contribution in [0.4, 0.5) is 0 Å². The molecule has 0 aromatic carbocycles. The van der Waals surface area contributed by atoms with Gasteiger partial charge in [-0.15, -0.1) is 18.4 Å². The van der Waals surface area contributed by atoms with Crippen LogP contribution in [-0.2, 0) is 13.3 Å². The van der Waals surface area contributed by atoms with E-state index in [0.29, 0.717) is 0 Å². The summed E-state index contributed by atoms with van der Waals surface area (Å²) < 4.78 is 12.0. The minimum Gasteiger partial charge on any atom is -0.486 e. The van der Waals surface area contributed by atoms with Crippen molar-refractivity contribution in [3.05, 3.63) is 0 Å². The lowest BCUT2D eigenvalue weighted by Crippen LogP contribution is -2.51. The molecule has 3 nitrogen and oxygen atoms in total. The standard InChI is InChI=1S/C64H22O3Si3/c1-9-11-13-15-17-19-21-23-25-27-29-31-33-35-37-39-41-43-45-47-49-51-53-55-57-59-61-64(65)66-70(7,8)67-69(5,6)63-68(3,4)62-60-58-56-54-52-50-48-46-44-42-40-38-36-34-32-30-28-26-24-22-20-18-16-14-12-10-2/h1-2H,63H2,3-8H3. The Morgan fingerprint density at radius 2 is 0.514 bits per heavy atom. The molecule has 70 heavy (non-hydrogen) atoms. The van der Waals surface area contributed by atoms with Crippen molar-refractivity contribution in [2.75, 3.05) is 0 Å². The summed E-state index contributed by atoms with van der Waals surface area (Å²) in [5.41, 5.74) is 4.07. The highest BCUT2D eigenvalue weighted by atomic mass is 28.5. The van der Waals surface area contributed by atoms with E-state index in [2.05, 4.69) is 346 Å². The van der Waals surface area contributed by atoms with E-state index < -0.39 is 30.9 Å². The van der Waals surface area contributed by atoms with Gasteiger partial charge in [-0.1, -0.05) is 13.1 Å². The molecule has 0 spiro atoms. The molecule has 0 saturated heterocycles. The zero-order chi connectivity index (χ0) is 51.4. The lowest BCUT2D eigenvalue weighted by molar-refractivity contribution is -0.129. The molecule has 0 radical (unpaired) electrons. The van der Waals surface area contributed by atoms with E-state index in [4.69, 9.17) is 21.4 Å². The Morgan fingerprint density at radius 3 is 0.743 bits per heavy atom. The first-order valence-electron chi connectivity index (χ1n) is 18.8. The highest BCUT2D eigenvalue weighted by Gasteiger charge is 2.40. The third kappa shape index (κ3) is 43.8. The molecule has 0 saturated carbocycles. The molecule has 0 unspecified atom stereocenters. The molecule has 0 bridgehead atoms. The van der Waals surface area contributed by atoms with Crippen LogP contribution in [0.15, 0.2) is 0 Å². The highest BCUT2D eigenvalue weighted by Crippen LogP contribution is 2.24. The van der Waals surface area contributed by atoms with Gasteiger partial charge < -0.3 is 8.54 Å². The predicted molar refractivity (Wildman–Crippen MR) is 284 cm³/mol. The molecule has 6 heteroatoms. The Kier molecular flexibility index (Phi) is 33.7. The molecule has 0 N–H and O–H groups in total. The van der Waals surface area contributed by atoms with E-state index >= 15 is 0 Å². The summed E-state index contributed by atoms with van der Waals surface area (Å²) in [6.07, 6.45) is 9.91. The van der Waals surface area contributed by atoms with E-state index in [9.17, 15) is 4.79 Å². The van der Waals surface area contributed by atoms with Crippen molar-refractivity contribution in [2.24, 2.45) is 0 Å². The van der Waals surface area contributed by atoms with Crippen LogP contribution >= 0.6 is 0 Å². The summed E-state index contributed by atoms with van der Waals surface area (Å²) in [6, 6.07) is 0. The Balaban J connectivity index is 4.95. The van der Waals surface area contributed by atoms with Crippen molar-refractivity contribution < 1.29 is 13.3 Å². The molecule has 0 atom stereocenters. The summed E-state index contributed by atoms with van der Waals surface area (Å²) >= 11 is 0. The van der Waals surface area contributed by atoms with Gasteiger partial charge in [-0.25, -0.2) is 4.79 Å². The fourth-order valence-electron chi connectivity index (χ4n) is 3.87. The van der Waals surface area contributed by atoms with Gasteiger partial charge in [-0.05, 0) is 221 Å². The number of rotatable bonds is 5. The summed E-state index contributed by atoms with van der Waals surface area (Å²) in [6.45, 7) is 12.0. The van der Waals surface area contributed by atoms with Crippen LogP contribution in [0.2, 0.25) is 44.9 Å². The SMILES string of the molecule is C#CC#CC#CC#CC#CC#CC#CC#CC#CC#CC#CC#CC#CC#CC(=O)O[Si](C)(C)O[Si](C)(C)C[Si](C)(C)C#CC#CC#CC#CC#CC#CC#CC#CC#CC#CC#CC#CC#CC#C. The van der Waals surface area contributed by atoms with Crippen LogP contribution in [0.1, 0.15) is 0 Å². The molecule has 0 aliphatic rings. The highest BCUT2D eigenvalue weighted by molar-refractivity contribution is 6.99. The summed E-state index contributed by atoms with van der Waals surface area (Å²) in [5.74, 6) is 131. The molecule has 0 heterocycles. The van der Waals surface area contributed by atoms with Crippen LogP contribution in [0.3, 0.4) is 0 Å². The van der Waals surface area contributed by atoms with Crippen molar-refractivity contribution in [2.45, 2.75) is 44.9 Å². The van der Waals surface area contributed by atoms with Crippen molar-refractivity contribution in [3.8, 4) is 332 Å². The maximum atomic E-state index is 12.4. The second-order valence-electron chi connectivity index (χ2n) is 12.5. The first kappa shape index (κ1) is 57.8. The Bertz CT molecular complexity index is 4050. The molecule has 308 valence electrons. The van der Waals surface area contributed by atoms with Gasteiger partial charge in [0, 0.05) is 124 Å². The molecule has 0 aromatic rings. The van der Waals surface area contributed by atoms with Crippen molar-refractivity contribution in [1.82, 2.24) is 0 Å². The van der Waals surface area contributed by atoms with Crippen LogP contribution in [-0.4, -0.2) is 30.9 Å². The summed E-state index contributed by atoms with van der Waals surface area (Å²) in [4.78, 5) is 12.4. The van der Waals surface area contributed by atoms with E-state index in [-0.39, 0.29) is 0 Å². The molecule has 0 fully saturated rings. The molecule has 0 aromatic heterocycles. The van der Waals surface area contributed by atoms with Crippen molar-refractivity contribution in [3.63, 3.8) is 0 Å². The average molecular weight is 923 g/mol. The Hall–Kier alpha value is -12.2. The van der Waals surface area contributed by atoms with Gasteiger partial charge in [0.05, 0.1) is 0 Å². The molecule has 0 rings (SSSR count). The topological polar surface area (TPSA) is 35.5 Å². The van der Waals surface area contributed by atoms with E-state index in [0.717, 1.165) is 5.67 Å². The second kappa shape index (κ2) is 40.8. The van der Waals surface area contributed by atoms with Crippen LogP contribution in [0, 0.1) is 332 Å². The van der Waals surface area contributed by atoms with Crippen LogP contribution in [0.5, 0.6) is 0 Å². The number of carbonyl (C=O) groups excluding carboxylic acids is 1. The number of carbonyl (C=O) groups is 1. The minimum absolute atomic E-state index is 0.738. The lowest BCUT2D eigenvalue weighted by atomic mass is 10.4. The summed E-state index contributed by atoms with van der Waals surface area (Å²) in [5, 5.41) is 0. The van der Waals surface area contributed by atoms with Crippen LogP contribution < -0.4 is 0 Å². The smallest absolute Gasteiger partial charge is 0.386 e. The average Bonchev–Trinajstić information content (AvgIpc) is 3.30. The zero-order valence-corrected chi connectivity index (χ0v) is 41.1. The largest absolute Gasteiger partial charge is 0.486 e. The first-order valence-corrected chi connectivity index (χ1v) is 27.9. The minimum atomic E-state index is -2.88. The van der Waals surface area contributed by atoms with Crippen molar-refractivity contribution >= 4 is 30.9 Å². The van der Waals surface area contributed by atoms with Gasteiger partial charge >= 0.3 is 14.5 Å². The molecule has 0 amide bonds. The fraction of sp³-hybridized carbons (Fsp3) is 0.109. The van der Waals surface area contributed by atoms with Gasteiger partial charge in [-0.2, -0.15) is 0 Å². The molecular formula is C64H22O3Si3. The number of hydrogen-bond donors (Lipinski definition) is 0. The molecule has 0 aliphatic carbocycles. The normalized spacial score (nSPS) is 6.17. The van der Waals surface area contributed by atoms with E-state index in [1.807, 2.05) is 0 Å². The maximum Gasteiger partial charge on any atom is 0.386 e. The Labute approximate surface area is 419 Å². The van der Waals surface area contributed by atoms with E-state index in [1.165, 1.54) is 0 Å². The van der Waals surface area contributed by atoms with Gasteiger partial charge in [0.25, 0.3) is 0 Å². The monoisotopic (exact) mass is 922 g/mol. The second-order valence-corrected chi connectivity index (χ2v) is 25.3. The lowest BCUT2D eigenvalue weighted by Gasteiger charge is -2.35. The van der Waals surface area contributed by atoms with Gasteiger partial charge in [0.1, 0.15) is 8.07 Å². The van der Waals surface area contributed by atoms with Gasteiger partial charge in [0.2, 0.25) is 0 Å². The molecule has 0 aliphatic heterocycles. The van der Waals surface area contributed by atoms with Crippen LogP contribution in [0.25, 0.3) is 0 Å². The van der Waals surface area contributed by atoms with Gasteiger partial charge in [-0.3, -0.25) is 0 Å². The Morgan fingerprint density at radius 1 is 0.314 bits per heavy atom. The predicted octanol–water partition coefficient (Wildman–Crippen LogP) is 2.59. The van der Waals surface area contributed by atoms with Gasteiger partial charge in [0.15, 0.2) is 8.32 Å². The zero-order valence-electron chi connectivity index (χ0n) is 38.1. The maximum absolute atomic E-state index is 12.4. The quantitative estimate of drug-likeness (QED) is 0.315. The number of terminal acetylenes is 2. The third-order valence-electron chi connectivity index (χ3n) is 5.44. The van der Waals surface area contributed by atoms with E-state index in [1.54, 1.807) is 13.1 Å². The molecular weight excluding hydrogens is 901 g/mol. The fourth-order valence-corrected chi connectivity index (χ4v) is 20.1. The number of hydrogen-bond acceptors (Lipinski definition) is 3. The van der Waals surface area contributed by atoms with Crippen molar-refractivity contribution in [1.29, 1.82) is 0 Å². The first-order chi connectivity index (χ1) is 33.9.